The highest BCUT2D eigenvalue weighted by Crippen LogP contribution is 2.59. The molecule has 10 rings (SSSR count). The summed E-state index contributed by atoms with van der Waals surface area (Å²) in [5.41, 5.74) is 17.6. The number of hydrogen-bond acceptors (Lipinski definition) is 2. The molecule has 2 nitrogen and oxygen atoms in total. The van der Waals surface area contributed by atoms with Crippen LogP contribution in [0.15, 0.2) is 182 Å². The molecular formula is C48H32N2. The maximum absolute atomic E-state index is 5.37. The molecule has 0 N–H and O–H groups in total. The minimum atomic E-state index is -0.273. The molecule has 0 unspecified atom stereocenters. The van der Waals surface area contributed by atoms with Gasteiger partial charge in [-0.15, -0.1) is 0 Å². The van der Waals surface area contributed by atoms with Gasteiger partial charge >= 0.3 is 0 Å². The molecule has 1 heterocycles. The molecule has 2 aliphatic rings. The summed E-state index contributed by atoms with van der Waals surface area (Å²) in [6.07, 6.45) is 0.867. The predicted octanol–water partition coefficient (Wildman–Crippen LogP) is 11.7. The summed E-state index contributed by atoms with van der Waals surface area (Å²) >= 11 is 0. The number of fused-ring (bicyclic) bond motifs is 9. The Morgan fingerprint density at radius 3 is 1.52 bits per heavy atom. The van der Waals surface area contributed by atoms with E-state index in [4.69, 9.17) is 9.97 Å². The molecule has 0 radical (unpaired) electrons. The first-order valence-electron chi connectivity index (χ1n) is 17.3. The normalized spacial score (nSPS) is 13.3. The van der Waals surface area contributed by atoms with Crippen LogP contribution >= 0.6 is 0 Å². The molecule has 0 amide bonds. The van der Waals surface area contributed by atoms with Crippen molar-refractivity contribution >= 4 is 0 Å². The van der Waals surface area contributed by atoms with E-state index in [1.165, 1.54) is 50.1 Å². The van der Waals surface area contributed by atoms with Gasteiger partial charge in [0.1, 0.15) is 0 Å². The van der Waals surface area contributed by atoms with Gasteiger partial charge in [0.25, 0.3) is 0 Å². The number of hydrogen-bond donors (Lipinski definition) is 0. The molecule has 234 valence electrons. The molecule has 2 aliphatic carbocycles. The zero-order valence-electron chi connectivity index (χ0n) is 27.4. The molecule has 50 heavy (non-hydrogen) atoms. The Balaban J connectivity index is 1.19. The lowest BCUT2D eigenvalue weighted by molar-refractivity contribution is 0.622. The zero-order valence-corrected chi connectivity index (χ0v) is 27.4. The van der Waals surface area contributed by atoms with Gasteiger partial charge in [0.05, 0.1) is 16.8 Å². The van der Waals surface area contributed by atoms with Crippen molar-refractivity contribution in [2.24, 2.45) is 0 Å². The Morgan fingerprint density at radius 2 is 0.840 bits per heavy atom. The van der Waals surface area contributed by atoms with Gasteiger partial charge in [-0.2, -0.15) is 0 Å². The highest BCUT2D eigenvalue weighted by molar-refractivity contribution is 5.93. The summed E-state index contributed by atoms with van der Waals surface area (Å²) in [5.74, 6) is 0.737. The van der Waals surface area contributed by atoms with E-state index < -0.39 is 0 Å². The first-order valence-corrected chi connectivity index (χ1v) is 17.3. The predicted molar refractivity (Wildman–Crippen MR) is 205 cm³/mol. The van der Waals surface area contributed by atoms with E-state index in [1.807, 2.05) is 0 Å². The number of rotatable bonds is 4. The maximum Gasteiger partial charge on any atom is 0.161 e. The average Bonchev–Trinajstić information content (AvgIpc) is 3.48. The smallest absolute Gasteiger partial charge is 0.161 e. The fourth-order valence-electron chi connectivity index (χ4n) is 8.47. The van der Waals surface area contributed by atoms with Gasteiger partial charge in [0, 0.05) is 16.7 Å². The summed E-state index contributed by atoms with van der Waals surface area (Å²) in [7, 11) is 0. The zero-order chi connectivity index (χ0) is 33.1. The van der Waals surface area contributed by atoms with Crippen molar-refractivity contribution in [3.8, 4) is 67.3 Å². The van der Waals surface area contributed by atoms with Crippen LogP contribution in [0, 0.1) is 0 Å². The monoisotopic (exact) mass is 636 g/mol. The summed E-state index contributed by atoms with van der Waals surface area (Å²) < 4.78 is 0. The molecule has 0 bridgehead atoms. The van der Waals surface area contributed by atoms with Gasteiger partial charge in [-0.1, -0.05) is 170 Å². The molecule has 0 aliphatic heterocycles. The average molecular weight is 637 g/mol. The van der Waals surface area contributed by atoms with Crippen LogP contribution in [0.1, 0.15) is 22.3 Å². The summed E-state index contributed by atoms with van der Waals surface area (Å²) in [4.78, 5) is 10.7. The van der Waals surface area contributed by atoms with E-state index in [2.05, 4.69) is 182 Å². The SMILES string of the molecule is c1ccc(-c2cccc(-c3cc(-c4ccccc4)nc(-c4cccc5c4-c4ccccc4C4(C5)c5ccccc5-c5ccccc54)n3)c2)cc1. The van der Waals surface area contributed by atoms with Crippen molar-refractivity contribution in [3.63, 3.8) is 0 Å². The van der Waals surface area contributed by atoms with E-state index in [-0.39, 0.29) is 5.41 Å². The van der Waals surface area contributed by atoms with Crippen molar-refractivity contribution in [2.75, 3.05) is 0 Å². The lowest BCUT2D eigenvalue weighted by Gasteiger charge is -2.39. The van der Waals surface area contributed by atoms with Crippen LogP contribution in [0.3, 0.4) is 0 Å². The van der Waals surface area contributed by atoms with Crippen molar-refractivity contribution in [1.29, 1.82) is 0 Å². The second-order valence-corrected chi connectivity index (χ2v) is 13.3. The molecule has 0 atom stereocenters. The highest BCUT2D eigenvalue weighted by Gasteiger charge is 2.48. The summed E-state index contributed by atoms with van der Waals surface area (Å²) in [6.45, 7) is 0. The van der Waals surface area contributed by atoms with Crippen molar-refractivity contribution in [2.45, 2.75) is 11.8 Å². The summed E-state index contributed by atoms with van der Waals surface area (Å²) in [6, 6.07) is 65.5. The van der Waals surface area contributed by atoms with Gasteiger partial charge in [0.2, 0.25) is 0 Å². The number of benzene rings is 7. The molecular weight excluding hydrogens is 605 g/mol. The molecule has 1 aromatic heterocycles. The second kappa shape index (κ2) is 11.4. The Kier molecular flexibility index (Phi) is 6.50. The Hall–Kier alpha value is -6.38. The Bertz CT molecular complexity index is 2520. The van der Waals surface area contributed by atoms with Gasteiger partial charge in [0.15, 0.2) is 5.82 Å². The van der Waals surface area contributed by atoms with Crippen LogP contribution in [0.4, 0.5) is 0 Å². The lowest BCUT2D eigenvalue weighted by Crippen LogP contribution is -2.33. The van der Waals surface area contributed by atoms with Gasteiger partial charge in [-0.25, -0.2) is 9.97 Å². The van der Waals surface area contributed by atoms with Crippen LogP contribution in [-0.2, 0) is 11.8 Å². The molecule has 1 spiro atoms. The minimum absolute atomic E-state index is 0.273. The van der Waals surface area contributed by atoms with Gasteiger partial charge < -0.3 is 0 Å². The van der Waals surface area contributed by atoms with Crippen LogP contribution in [-0.4, -0.2) is 9.97 Å². The van der Waals surface area contributed by atoms with Crippen LogP contribution in [0.2, 0.25) is 0 Å². The maximum atomic E-state index is 5.37. The number of nitrogens with zero attached hydrogens (tertiary/aromatic N) is 2. The van der Waals surface area contributed by atoms with Crippen molar-refractivity contribution < 1.29 is 0 Å². The first-order chi connectivity index (χ1) is 24.8. The van der Waals surface area contributed by atoms with E-state index in [0.29, 0.717) is 0 Å². The fraction of sp³-hybridized carbons (Fsp3) is 0.0417. The molecule has 8 aromatic rings. The highest BCUT2D eigenvalue weighted by atomic mass is 14.9. The topological polar surface area (TPSA) is 25.8 Å². The van der Waals surface area contributed by atoms with Crippen LogP contribution in [0.5, 0.6) is 0 Å². The largest absolute Gasteiger partial charge is 0.228 e. The van der Waals surface area contributed by atoms with Crippen molar-refractivity contribution in [3.05, 3.63) is 204 Å². The van der Waals surface area contributed by atoms with Crippen LogP contribution < -0.4 is 0 Å². The Labute approximate surface area is 292 Å². The van der Waals surface area contributed by atoms with Crippen molar-refractivity contribution in [1.82, 2.24) is 9.97 Å². The number of aromatic nitrogens is 2. The van der Waals surface area contributed by atoms with Gasteiger partial charge in [-0.3, -0.25) is 0 Å². The quantitative estimate of drug-likeness (QED) is 0.192. The molecule has 0 saturated heterocycles. The summed E-state index contributed by atoms with van der Waals surface area (Å²) in [5, 5.41) is 0. The first kappa shape index (κ1) is 28.6. The molecule has 0 saturated carbocycles. The van der Waals surface area contributed by atoms with Gasteiger partial charge in [-0.05, 0) is 74.2 Å². The van der Waals surface area contributed by atoms with E-state index in [1.54, 1.807) is 0 Å². The minimum Gasteiger partial charge on any atom is -0.228 e. The van der Waals surface area contributed by atoms with E-state index >= 15 is 0 Å². The van der Waals surface area contributed by atoms with E-state index in [9.17, 15) is 0 Å². The third-order valence-corrected chi connectivity index (χ3v) is 10.6. The molecule has 0 fully saturated rings. The standard InChI is InChI=1S/C48H32N2/c1-3-15-32(16-4-1)34-19-13-20-35(29-34)45-30-44(33-17-5-2-6-18-33)49-47(50-45)40-25-14-21-36-31-48(43-28-12-9-24-39(43)46(36)40)41-26-10-7-22-37(41)38-23-8-11-27-42(38)48/h1-30H,31H2. The molecule has 2 heteroatoms. The lowest BCUT2D eigenvalue weighted by atomic mass is 9.62. The third-order valence-electron chi connectivity index (χ3n) is 10.6. The Morgan fingerprint density at radius 1 is 0.360 bits per heavy atom. The van der Waals surface area contributed by atoms with Crippen LogP contribution in [0.25, 0.3) is 67.3 Å². The second-order valence-electron chi connectivity index (χ2n) is 13.3. The van der Waals surface area contributed by atoms with E-state index in [0.717, 1.165) is 45.9 Å². The fourth-order valence-corrected chi connectivity index (χ4v) is 8.47. The third kappa shape index (κ3) is 4.35. The molecule has 7 aromatic carbocycles.